The predicted molar refractivity (Wildman–Crippen MR) is 85.3 cm³/mol. The number of hydrogen-bond donors (Lipinski definition) is 1. The predicted octanol–water partition coefficient (Wildman–Crippen LogP) is 3.99. The summed E-state index contributed by atoms with van der Waals surface area (Å²) >= 11 is 3.58. The number of nitrogens with one attached hydrogen (secondary N) is 1. The lowest BCUT2D eigenvalue weighted by Crippen LogP contribution is -2.09. The van der Waals surface area contributed by atoms with Crippen molar-refractivity contribution in [3.05, 3.63) is 39.9 Å². The third-order valence-electron chi connectivity index (χ3n) is 3.31. The van der Waals surface area contributed by atoms with Gasteiger partial charge in [0.1, 0.15) is 11.6 Å². The summed E-state index contributed by atoms with van der Waals surface area (Å²) < 4.78 is 21.8. The molecule has 1 N–H and O–H groups in total. The molecule has 0 aliphatic carbocycles. The van der Waals surface area contributed by atoms with Crippen LogP contribution in [0.1, 0.15) is 25.2 Å². The molecule has 0 unspecified atom stereocenters. The molecule has 0 aliphatic rings. The fourth-order valence-electron chi connectivity index (χ4n) is 2.13. The van der Waals surface area contributed by atoms with Crippen LogP contribution < -0.4 is 10.1 Å². The average molecular weight is 356 g/mol. The molecule has 0 saturated heterocycles. The third kappa shape index (κ3) is 3.37. The standard InChI is InChI=1S/C15H19BrFN3O/c1-4-12-15(16)14(20(5-2)19-12)9-18-13-8-10(21-3)6-7-11(13)17/h6-8,18H,4-5,9H2,1-3H3. The number of nitrogens with zero attached hydrogens (tertiary/aromatic N) is 2. The minimum absolute atomic E-state index is 0.301. The number of halogens is 2. The zero-order valence-electron chi connectivity index (χ0n) is 12.4. The third-order valence-corrected chi connectivity index (χ3v) is 4.23. The Morgan fingerprint density at radius 1 is 1.38 bits per heavy atom. The first-order valence-corrected chi connectivity index (χ1v) is 7.71. The second kappa shape index (κ2) is 6.93. The van der Waals surface area contributed by atoms with E-state index >= 15 is 0 Å². The van der Waals surface area contributed by atoms with Crippen LogP contribution in [0.25, 0.3) is 0 Å². The smallest absolute Gasteiger partial charge is 0.146 e. The van der Waals surface area contributed by atoms with Gasteiger partial charge in [-0.3, -0.25) is 4.68 Å². The van der Waals surface area contributed by atoms with Crippen molar-refractivity contribution in [2.45, 2.75) is 33.4 Å². The van der Waals surface area contributed by atoms with Crippen LogP contribution in [-0.4, -0.2) is 16.9 Å². The van der Waals surface area contributed by atoms with Crippen molar-refractivity contribution in [1.82, 2.24) is 9.78 Å². The highest BCUT2D eigenvalue weighted by Crippen LogP contribution is 2.25. The molecule has 6 heteroatoms. The van der Waals surface area contributed by atoms with Crippen LogP contribution in [0.4, 0.5) is 10.1 Å². The van der Waals surface area contributed by atoms with Gasteiger partial charge in [0.25, 0.3) is 0 Å². The van der Waals surface area contributed by atoms with Crippen LogP contribution in [0.15, 0.2) is 22.7 Å². The summed E-state index contributed by atoms with van der Waals surface area (Å²) in [6.07, 6.45) is 0.855. The molecule has 1 aromatic heterocycles. The Labute approximate surface area is 132 Å². The van der Waals surface area contributed by atoms with E-state index in [9.17, 15) is 4.39 Å². The van der Waals surface area contributed by atoms with E-state index in [0.717, 1.165) is 28.8 Å². The highest BCUT2D eigenvalue weighted by atomic mass is 79.9. The van der Waals surface area contributed by atoms with Gasteiger partial charge in [0.15, 0.2) is 0 Å². The molecule has 0 atom stereocenters. The van der Waals surface area contributed by atoms with Gasteiger partial charge in [-0.15, -0.1) is 0 Å². The number of aryl methyl sites for hydroxylation is 2. The molecule has 0 spiro atoms. The lowest BCUT2D eigenvalue weighted by Gasteiger charge is -2.11. The quantitative estimate of drug-likeness (QED) is 0.851. The highest BCUT2D eigenvalue weighted by Gasteiger charge is 2.14. The van der Waals surface area contributed by atoms with Gasteiger partial charge in [-0.05, 0) is 41.4 Å². The monoisotopic (exact) mass is 355 g/mol. The fraction of sp³-hybridized carbons (Fsp3) is 0.400. The fourth-order valence-corrected chi connectivity index (χ4v) is 2.84. The van der Waals surface area contributed by atoms with E-state index in [1.165, 1.54) is 6.07 Å². The van der Waals surface area contributed by atoms with Gasteiger partial charge in [0, 0.05) is 12.6 Å². The average Bonchev–Trinajstić information content (AvgIpc) is 2.82. The summed E-state index contributed by atoms with van der Waals surface area (Å²) in [7, 11) is 1.56. The van der Waals surface area contributed by atoms with Crippen molar-refractivity contribution in [2.24, 2.45) is 0 Å². The molecular weight excluding hydrogens is 337 g/mol. The number of methoxy groups -OCH3 is 1. The molecule has 4 nitrogen and oxygen atoms in total. The van der Waals surface area contributed by atoms with Crippen molar-refractivity contribution < 1.29 is 9.13 Å². The first kappa shape index (κ1) is 15.8. The van der Waals surface area contributed by atoms with E-state index in [0.29, 0.717) is 18.0 Å². The largest absolute Gasteiger partial charge is 0.497 e. The van der Waals surface area contributed by atoms with Crippen molar-refractivity contribution >= 4 is 21.6 Å². The lowest BCUT2D eigenvalue weighted by molar-refractivity contribution is 0.414. The van der Waals surface area contributed by atoms with Gasteiger partial charge in [-0.1, -0.05) is 6.92 Å². The molecule has 21 heavy (non-hydrogen) atoms. The molecule has 2 aromatic rings. The van der Waals surface area contributed by atoms with E-state index in [2.05, 4.69) is 33.3 Å². The molecule has 0 saturated carbocycles. The summed E-state index contributed by atoms with van der Waals surface area (Å²) in [5.74, 6) is 0.321. The second-order valence-electron chi connectivity index (χ2n) is 4.58. The van der Waals surface area contributed by atoms with Crippen molar-refractivity contribution in [1.29, 1.82) is 0 Å². The Balaban J connectivity index is 2.22. The van der Waals surface area contributed by atoms with Crippen LogP contribution in [0.5, 0.6) is 5.75 Å². The first-order chi connectivity index (χ1) is 10.1. The maximum Gasteiger partial charge on any atom is 0.146 e. The molecular formula is C15H19BrFN3O. The van der Waals surface area contributed by atoms with Gasteiger partial charge in [-0.2, -0.15) is 5.10 Å². The van der Waals surface area contributed by atoms with Crippen LogP contribution in [-0.2, 0) is 19.5 Å². The maximum atomic E-state index is 13.8. The minimum atomic E-state index is -0.301. The number of anilines is 1. The van der Waals surface area contributed by atoms with Gasteiger partial charge in [0.05, 0.1) is 35.2 Å². The van der Waals surface area contributed by atoms with Gasteiger partial charge < -0.3 is 10.1 Å². The summed E-state index contributed by atoms with van der Waals surface area (Å²) in [5.41, 5.74) is 2.44. The second-order valence-corrected chi connectivity index (χ2v) is 5.37. The van der Waals surface area contributed by atoms with E-state index in [4.69, 9.17) is 4.74 Å². The van der Waals surface area contributed by atoms with Crippen LogP contribution in [0.3, 0.4) is 0 Å². The maximum absolute atomic E-state index is 13.8. The molecule has 0 fully saturated rings. The number of hydrogen-bond acceptors (Lipinski definition) is 3. The Bertz CT molecular complexity index is 628. The summed E-state index contributed by atoms with van der Waals surface area (Å²) in [6, 6.07) is 4.64. The van der Waals surface area contributed by atoms with Crippen LogP contribution in [0.2, 0.25) is 0 Å². The molecule has 1 heterocycles. The molecule has 0 aliphatic heterocycles. The van der Waals surface area contributed by atoms with Crippen LogP contribution in [0, 0.1) is 5.82 Å². The van der Waals surface area contributed by atoms with Crippen molar-refractivity contribution in [3.63, 3.8) is 0 Å². The molecule has 0 amide bonds. The number of ether oxygens (including phenoxy) is 1. The molecule has 1 aromatic carbocycles. The van der Waals surface area contributed by atoms with E-state index in [-0.39, 0.29) is 5.82 Å². The van der Waals surface area contributed by atoms with E-state index in [1.807, 2.05) is 11.6 Å². The Morgan fingerprint density at radius 2 is 2.14 bits per heavy atom. The number of rotatable bonds is 6. The van der Waals surface area contributed by atoms with E-state index < -0.39 is 0 Å². The Kier molecular flexibility index (Phi) is 5.22. The summed E-state index contributed by atoms with van der Waals surface area (Å²) in [4.78, 5) is 0. The minimum Gasteiger partial charge on any atom is -0.497 e. The summed E-state index contributed by atoms with van der Waals surface area (Å²) in [6.45, 7) is 5.36. The summed E-state index contributed by atoms with van der Waals surface area (Å²) in [5, 5.41) is 7.64. The number of benzene rings is 1. The molecule has 0 bridgehead atoms. The van der Waals surface area contributed by atoms with Gasteiger partial charge in [-0.25, -0.2) is 4.39 Å². The van der Waals surface area contributed by atoms with E-state index in [1.54, 1.807) is 19.2 Å². The molecule has 2 rings (SSSR count). The topological polar surface area (TPSA) is 39.1 Å². The van der Waals surface area contributed by atoms with Crippen molar-refractivity contribution in [2.75, 3.05) is 12.4 Å². The van der Waals surface area contributed by atoms with Crippen LogP contribution >= 0.6 is 15.9 Å². The van der Waals surface area contributed by atoms with Gasteiger partial charge >= 0.3 is 0 Å². The first-order valence-electron chi connectivity index (χ1n) is 6.92. The Morgan fingerprint density at radius 3 is 2.76 bits per heavy atom. The normalized spacial score (nSPS) is 10.7. The molecule has 0 radical (unpaired) electrons. The highest BCUT2D eigenvalue weighted by molar-refractivity contribution is 9.10. The lowest BCUT2D eigenvalue weighted by atomic mass is 10.2. The zero-order valence-corrected chi connectivity index (χ0v) is 14.0. The Hall–Kier alpha value is -1.56. The zero-order chi connectivity index (χ0) is 15.4. The van der Waals surface area contributed by atoms with Crippen molar-refractivity contribution in [3.8, 4) is 5.75 Å². The molecule has 114 valence electrons. The van der Waals surface area contributed by atoms with Gasteiger partial charge in [0.2, 0.25) is 0 Å². The SMILES string of the molecule is CCc1nn(CC)c(CNc2cc(OC)ccc2F)c1Br. The number of aromatic nitrogens is 2.